The van der Waals surface area contributed by atoms with Crippen LogP contribution in [0.25, 0.3) is 0 Å². The summed E-state index contributed by atoms with van der Waals surface area (Å²) in [6, 6.07) is 12.5. The third kappa shape index (κ3) is 4.12. The number of ether oxygens (including phenoxy) is 2. The van der Waals surface area contributed by atoms with Crippen molar-refractivity contribution in [1.29, 1.82) is 0 Å². The minimum Gasteiger partial charge on any atom is -0.493 e. The van der Waals surface area contributed by atoms with Crippen molar-refractivity contribution in [1.82, 2.24) is 10.2 Å². The van der Waals surface area contributed by atoms with Crippen molar-refractivity contribution in [3.63, 3.8) is 0 Å². The Kier molecular flexibility index (Phi) is 5.59. The number of carbonyl (C=O) groups is 1. The molecule has 0 saturated carbocycles. The Hall–Kier alpha value is -3.40. The van der Waals surface area contributed by atoms with Gasteiger partial charge in [0.2, 0.25) is 5.89 Å². The molecule has 0 spiro atoms. The monoisotopic (exact) mass is 403 g/mol. The molecule has 0 aliphatic heterocycles. The molecule has 0 fully saturated rings. The third-order valence-electron chi connectivity index (χ3n) is 3.75. The molecule has 0 radical (unpaired) electrons. The van der Waals surface area contributed by atoms with Crippen LogP contribution >= 0.6 is 0 Å². The maximum atomic E-state index is 12.5. The molecule has 0 bridgehead atoms. The number of benzene rings is 2. The molecule has 9 nitrogen and oxygen atoms in total. The Morgan fingerprint density at radius 2 is 1.79 bits per heavy atom. The normalized spacial score (nSPS) is 11.1. The van der Waals surface area contributed by atoms with E-state index in [1.54, 1.807) is 30.3 Å². The highest BCUT2D eigenvalue weighted by Gasteiger charge is 2.22. The van der Waals surface area contributed by atoms with E-state index >= 15 is 0 Å². The second-order valence-electron chi connectivity index (χ2n) is 5.57. The van der Waals surface area contributed by atoms with E-state index in [-0.39, 0.29) is 28.1 Å². The molecule has 146 valence electrons. The van der Waals surface area contributed by atoms with Crippen LogP contribution in [0.2, 0.25) is 0 Å². The molecule has 0 saturated heterocycles. The lowest BCUT2D eigenvalue weighted by Crippen LogP contribution is -2.13. The van der Waals surface area contributed by atoms with Crippen LogP contribution in [0.3, 0.4) is 0 Å². The molecule has 1 amide bonds. The van der Waals surface area contributed by atoms with E-state index in [2.05, 4.69) is 15.5 Å². The van der Waals surface area contributed by atoms with Crippen LogP contribution in [0.4, 0.5) is 6.01 Å². The Balaban J connectivity index is 1.76. The molecule has 28 heavy (non-hydrogen) atoms. The van der Waals surface area contributed by atoms with E-state index < -0.39 is 21.5 Å². The lowest BCUT2D eigenvalue weighted by atomic mass is 10.1. The summed E-state index contributed by atoms with van der Waals surface area (Å²) in [5.74, 6) is -0.569. The number of hydrogen-bond acceptors (Lipinski definition) is 8. The number of para-hydroxylation sites is 1. The quantitative estimate of drug-likeness (QED) is 0.638. The van der Waals surface area contributed by atoms with Gasteiger partial charge < -0.3 is 13.9 Å². The van der Waals surface area contributed by atoms with E-state index in [1.807, 2.05) is 0 Å². The number of amides is 1. The summed E-state index contributed by atoms with van der Waals surface area (Å²) in [6.45, 7) is 0. The average Bonchev–Trinajstić information content (AvgIpc) is 3.13. The fraction of sp³-hybridized carbons (Fsp3) is 0.167. The van der Waals surface area contributed by atoms with Crippen molar-refractivity contribution in [2.75, 3.05) is 19.5 Å². The topological polar surface area (TPSA) is 121 Å². The zero-order valence-electron chi connectivity index (χ0n) is 15.1. The number of anilines is 1. The van der Waals surface area contributed by atoms with Crippen molar-refractivity contribution in [3.8, 4) is 11.5 Å². The molecule has 2 aromatic carbocycles. The van der Waals surface area contributed by atoms with Crippen LogP contribution in [0.5, 0.6) is 11.5 Å². The minimum absolute atomic E-state index is 0.139. The van der Waals surface area contributed by atoms with Crippen molar-refractivity contribution in [3.05, 3.63) is 60.0 Å². The van der Waals surface area contributed by atoms with Crippen molar-refractivity contribution < 1.29 is 27.1 Å². The second-order valence-corrected chi connectivity index (χ2v) is 7.56. The van der Waals surface area contributed by atoms with Gasteiger partial charge in [-0.1, -0.05) is 29.4 Å². The van der Waals surface area contributed by atoms with Crippen molar-refractivity contribution >= 4 is 21.8 Å². The lowest BCUT2D eigenvalue weighted by Gasteiger charge is -2.11. The smallest absolute Gasteiger partial charge is 0.322 e. The van der Waals surface area contributed by atoms with E-state index in [4.69, 9.17) is 13.9 Å². The molecule has 3 rings (SSSR count). The first-order valence-electron chi connectivity index (χ1n) is 8.07. The van der Waals surface area contributed by atoms with E-state index in [9.17, 15) is 13.2 Å². The first-order chi connectivity index (χ1) is 13.4. The molecular weight excluding hydrogens is 386 g/mol. The van der Waals surface area contributed by atoms with Gasteiger partial charge in [0.25, 0.3) is 5.91 Å². The lowest BCUT2D eigenvalue weighted by molar-refractivity contribution is 0.102. The molecule has 10 heteroatoms. The predicted molar refractivity (Wildman–Crippen MR) is 99.1 cm³/mol. The zero-order chi connectivity index (χ0) is 20.1. The molecular formula is C18H17N3O6S. The van der Waals surface area contributed by atoms with Crippen LogP contribution < -0.4 is 14.8 Å². The maximum absolute atomic E-state index is 12.5. The summed E-state index contributed by atoms with van der Waals surface area (Å²) in [4.78, 5) is 12.6. The number of carbonyl (C=O) groups excluding carboxylic acids is 1. The van der Waals surface area contributed by atoms with Gasteiger partial charge in [0.05, 0.1) is 24.7 Å². The number of rotatable bonds is 7. The molecule has 1 heterocycles. The number of aromatic nitrogens is 2. The molecule has 3 aromatic rings. The van der Waals surface area contributed by atoms with Gasteiger partial charge in [0, 0.05) is 0 Å². The fourth-order valence-electron chi connectivity index (χ4n) is 2.47. The highest BCUT2D eigenvalue weighted by atomic mass is 32.2. The molecule has 0 atom stereocenters. The van der Waals surface area contributed by atoms with Crippen LogP contribution in [0.15, 0.2) is 57.8 Å². The average molecular weight is 403 g/mol. The summed E-state index contributed by atoms with van der Waals surface area (Å²) in [5.41, 5.74) is 0.193. The number of nitrogens with zero attached hydrogens (tertiary/aromatic N) is 2. The van der Waals surface area contributed by atoms with E-state index in [1.165, 1.54) is 32.4 Å². The molecule has 0 aliphatic rings. The number of methoxy groups -OCH3 is 2. The Morgan fingerprint density at radius 3 is 2.46 bits per heavy atom. The van der Waals surface area contributed by atoms with Crippen molar-refractivity contribution in [2.45, 2.75) is 10.6 Å². The summed E-state index contributed by atoms with van der Waals surface area (Å²) in [7, 11) is -0.780. The van der Waals surface area contributed by atoms with Gasteiger partial charge in [-0.25, -0.2) is 8.42 Å². The van der Waals surface area contributed by atoms with Gasteiger partial charge in [0.1, 0.15) is 5.75 Å². The largest absolute Gasteiger partial charge is 0.493 e. The van der Waals surface area contributed by atoms with Gasteiger partial charge in [-0.3, -0.25) is 10.1 Å². The number of sulfone groups is 1. The van der Waals surface area contributed by atoms with E-state index in [0.717, 1.165) is 0 Å². The zero-order valence-corrected chi connectivity index (χ0v) is 15.9. The van der Waals surface area contributed by atoms with Gasteiger partial charge >= 0.3 is 6.01 Å². The molecule has 1 aromatic heterocycles. The summed E-state index contributed by atoms with van der Waals surface area (Å²) >= 11 is 0. The summed E-state index contributed by atoms with van der Waals surface area (Å²) in [5, 5.41) is 9.78. The molecule has 1 N–H and O–H groups in total. The van der Waals surface area contributed by atoms with Gasteiger partial charge in [-0.2, -0.15) is 0 Å². The highest BCUT2D eigenvalue weighted by Crippen LogP contribution is 2.31. The van der Waals surface area contributed by atoms with Crippen LogP contribution in [-0.4, -0.2) is 38.7 Å². The minimum atomic E-state index is -3.65. The Bertz CT molecular complexity index is 1080. The maximum Gasteiger partial charge on any atom is 0.322 e. The first-order valence-corrected chi connectivity index (χ1v) is 9.72. The highest BCUT2D eigenvalue weighted by molar-refractivity contribution is 7.90. The van der Waals surface area contributed by atoms with Crippen molar-refractivity contribution in [2.24, 2.45) is 0 Å². The number of nitrogens with one attached hydrogen (secondary N) is 1. The molecule has 0 unspecified atom stereocenters. The van der Waals surface area contributed by atoms with Crippen LogP contribution in [0, 0.1) is 0 Å². The Labute approximate surface area is 161 Å². The molecule has 0 aliphatic carbocycles. The van der Waals surface area contributed by atoms with Gasteiger partial charge in [0.15, 0.2) is 21.3 Å². The predicted octanol–water partition coefficient (Wildman–Crippen LogP) is 2.31. The van der Waals surface area contributed by atoms with Crippen LogP contribution in [0.1, 0.15) is 16.2 Å². The fourth-order valence-corrected chi connectivity index (χ4v) is 3.65. The summed E-state index contributed by atoms with van der Waals surface area (Å²) < 4.78 is 40.4. The number of hydrogen-bond donors (Lipinski definition) is 1. The Morgan fingerprint density at radius 1 is 1.04 bits per heavy atom. The SMILES string of the molecule is COc1cccc(C(=O)Nc2nnc(CS(=O)(=O)c3ccccc3)o2)c1OC. The summed E-state index contributed by atoms with van der Waals surface area (Å²) in [6.07, 6.45) is 0. The van der Waals surface area contributed by atoms with Gasteiger partial charge in [-0.15, -0.1) is 5.10 Å². The van der Waals surface area contributed by atoms with Crippen LogP contribution in [-0.2, 0) is 15.6 Å². The standard InChI is InChI=1S/C18H17N3O6S/c1-25-14-10-6-9-13(16(14)26-2)17(22)19-18-21-20-15(27-18)11-28(23,24)12-7-4-3-5-8-12/h3-10H,11H2,1-2H3,(H,19,21,22). The third-order valence-corrected chi connectivity index (χ3v) is 5.37. The van der Waals surface area contributed by atoms with E-state index in [0.29, 0.717) is 5.75 Å². The first kappa shape index (κ1) is 19.4. The van der Waals surface area contributed by atoms with Gasteiger partial charge in [-0.05, 0) is 24.3 Å². The second kappa shape index (κ2) is 8.09.